The molecule has 1 unspecified atom stereocenters. The van der Waals surface area contributed by atoms with E-state index in [-0.39, 0.29) is 17.8 Å². The second kappa shape index (κ2) is 9.52. The van der Waals surface area contributed by atoms with Gasteiger partial charge in [0.05, 0.1) is 5.56 Å². The molecule has 1 amide bonds. The maximum Gasteiger partial charge on any atom is 0.255 e. The van der Waals surface area contributed by atoms with Gasteiger partial charge in [-0.3, -0.25) is 9.69 Å². The molecule has 1 aromatic carbocycles. The molecule has 1 aromatic heterocycles. The minimum absolute atomic E-state index is 0.127. The maximum atomic E-state index is 13.0. The Morgan fingerprint density at radius 3 is 2.60 bits per heavy atom. The van der Waals surface area contributed by atoms with Crippen LogP contribution in [0.15, 0.2) is 30.5 Å². The number of likely N-dealkylation sites (tertiary alicyclic amines) is 1. The topological polar surface area (TPSA) is 89.7 Å². The van der Waals surface area contributed by atoms with Crippen molar-refractivity contribution in [2.75, 3.05) is 45.3 Å². The molecule has 1 spiro atoms. The molecule has 0 radical (unpaired) electrons. The van der Waals surface area contributed by atoms with Gasteiger partial charge in [-0.15, -0.1) is 0 Å². The molecule has 1 aliphatic carbocycles. The van der Waals surface area contributed by atoms with Gasteiger partial charge in [-0.25, -0.2) is 4.98 Å². The number of anilines is 1. The van der Waals surface area contributed by atoms with E-state index >= 15 is 0 Å². The number of nitrogens with zero attached hydrogens (tertiary/aromatic N) is 2. The fraction of sp³-hybridized carbons (Fsp3) is 0.571. The second-order valence-electron chi connectivity index (χ2n) is 10.7. The summed E-state index contributed by atoms with van der Waals surface area (Å²) in [4.78, 5) is 20.0. The molecule has 0 bridgehead atoms. The van der Waals surface area contributed by atoms with Crippen LogP contribution in [-0.4, -0.2) is 67.4 Å². The number of nitrogen functional groups attached to an aromatic ring is 1. The predicted molar refractivity (Wildman–Crippen MR) is 135 cm³/mol. The third kappa shape index (κ3) is 4.46. The number of amides is 1. The highest BCUT2D eigenvalue weighted by Crippen LogP contribution is 2.47. The number of benzene rings is 1. The van der Waals surface area contributed by atoms with Gasteiger partial charge in [0.15, 0.2) is 0 Å². The lowest BCUT2D eigenvalue weighted by Gasteiger charge is -2.33. The molecular formula is C28H36N4O3. The molecule has 3 saturated heterocycles. The van der Waals surface area contributed by atoms with Crippen LogP contribution in [0.1, 0.15) is 60.0 Å². The third-order valence-corrected chi connectivity index (χ3v) is 8.69. The zero-order chi connectivity index (χ0) is 23.8. The Morgan fingerprint density at radius 2 is 1.80 bits per heavy atom. The Hall–Kier alpha value is -2.48. The standard InChI is InChI=1S/C28H36N4O3/c29-26-24(27(33)31-22-4-11-34-12-5-22)16-21(17-30-26)19-1-2-25-20(15-19)3-8-28(25)9-10-32(18-28)23-6-13-35-14-7-23/h1-2,15-17,22-23H,3-14,18H2,(H2,29,30)(H,31,33). The van der Waals surface area contributed by atoms with E-state index in [1.54, 1.807) is 6.20 Å². The van der Waals surface area contributed by atoms with Crippen molar-refractivity contribution in [3.8, 4) is 11.1 Å². The summed E-state index contributed by atoms with van der Waals surface area (Å²) < 4.78 is 11.0. The van der Waals surface area contributed by atoms with Gasteiger partial charge < -0.3 is 20.5 Å². The number of aromatic nitrogens is 1. The van der Waals surface area contributed by atoms with Gasteiger partial charge in [-0.1, -0.05) is 18.2 Å². The molecule has 3 N–H and O–H groups in total. The Kier molecular flexibility index (Phi) is 6.25. The van der Waals surface area contributed by atoms with Crippen molar-refractivity contribution in [3.05, 3.63) is 47.2 Å². The highest BCUT2D eigenvalue weighted by Gasteiger charge is 2.45. The highest BCUT2D eigenvalue weighted by atomic mass is 16.5. The summed E-state index contributed by atoms with van der Waals surface area (Å²) in [5.41, 5.74) is 11.9. The number of carbonyl (C=O) groups excluding carboxylic acids is 1. The smallest absolute Gasteiger partial charge is 0.255 e. The molecule has 0 saturated carbocycles. The second-order valence-corrected chi connectivity index (χ2v) is 10.7. The number of hydrogen-bond donors (Lipinski definition) is 2. The lowest BCUT2D eigenvalue weighted by atomic mass is 9.80. The SMILES string of the molecule is Nc1ncc(-c2ccc3c(c2)CCC32CCN(C3CCOCC3)C2)cc1C(=O)NC1CCOCC1. The van der Waals surface area contributed by atoms with Crippen LogP contribution in [0.3, 0.4) is 0 Å². The quantitative estimate of drug-likeness (QED) is 0.704. The predicted octanol–water partition coefficient (Wildman–Crippen LogP) is 3.31. The molecule has 2 aromatic rings. The average molecular weight is 477 g/mol. The summed E-state index contributed by atoms with van der Waals surface area (Å²) in [6.45, 7) is 5.53. The minimum atomic E-state index is -0.150. The first kappa shape index (κ1) is 23.0. The number of carbonyl (C=O) groups is 1. The van der Waals surface area contributed by atoms with Gasteiger partial charge in [-0.05, 0) is 74.2 Å². The van der Waals surface area contributed by atoms with Crippen LogP contribution < -0.4 is 11.1 Å². The van der Waals surface area contributed by atoms with Crippen molar-refractivity contribution in [2.24, 2.45) is 0 Å². The Bertz CT molecular complexity index is 1090. The summed E-state index contributed by atoms with van der Waals surface area (Å²) in [6.07, 6.45) is 9.36. The molecule has 1 atom stereocenters. The normalized spacial score (nSPS) is 25.7. The molecule has 7 nitrogen and oxygen atoms in total. The zero-order valence-corrected chi connectivity index (χ0v) is 20.4. The lowest BCUT2D eigenvalue weighted by molar-refractivity contribution is 0.0404. The van der Waals surface area contributed by atoms with Gasteiger partial charge in [0.2, 0.25) is 0 Å². The Labute approximate surface area is 207 Å². The van der Waals surface area contributed by atoms with Gasteiger partial charge >= 0.3 is 0 Å². The molecule has 6 rings (SSSR count). The number of nitrogens with two attached hydrogens (primary N) is 1. The highest BCUT2D eigenvalue weighted by molar-refractivity contribution is 5.99. The largest absolute Gasteiger partial charge is 0.383 e. The zero-order valence-electron chi connectivity index (χ0n) is 20.4. The summed E-state index contributed by atoms with van der Waals surface area (Å²) in [5.74, 6) is 0.126. The first-order chi connectivity index (χ1) is 17.1. The van der Waals surface area contributed by atoms with Crippen LogP contribution in [0.5, 0.6) is 0 Å². The summed E-state index contributed by atoms with van der Waals surface area (Å²) in [6, 6.07) is 9.56. The van der Waals surface area contributed by atoms with Gasteiger partial charge in [-0.2, -0.15) is 0 Å². The van der Waals surface area contributed by atoms with Crippen LogP contribution in [0.2, 0.25) is 0 Å². The molecule has 3 aliphatic heterocycles. The number of hydrogen-bond acceptors (Lipinski definition) is 6. The molecule has 186 valence electrons. The number of pyridine rings is 1. The van der Waals surface area contributed by atoms with Crippen LogP contribution in [0.4, 0.5) is 5.82 Å². The maximum absolute atomic E-state index is 13.0. The van der Waals surface area contributed by atoms with Crippen molar-refractivity contribution in [2.45, 2.75) is 62.4 Å². The summed E-state index contributed by atoms with van der Waals surface area (Å²) in [5, 5.41) is 3.11. The molecule has 7 heteroatoms. The monoisotopic (exact) mass is 476 g/mol. The number of ether oxygens (including phenoxy) is 2. The van der Waals surface area contributed by atoms with Crippen molar-refractivity contribution in [3.63, 3.8) is 0 Å². The lowest BCUT2D eigenvalue weighted by Crippen LogP contribution is -2.39. The fourth-order valence-corrected chi connectivity index (χ4v) is 6.62. The van der Waals surface area contributed by atoms with Gasteiger partial charge in [0, 0.05) is 62.2 Å². The Morgan fingerprint density at radius 1 is 1.03 bits per heavy atom. The number of nitrogens with one attached hydrogen (secondary N) is 1. The number of aryl methyl sites for hydroxylation is 1. The van der Waals surface area contributed by atoms with E-state index in [0.717, 1.165) is 56.4 Å². The van der Waals surface area contributed by atoms with Crippen LogP contribution >= 0.6 is 0 Å². The van der Waals surface area contributed by atoms with Crippen LogP contribution in [0.25, 0.3) is 11.1 Å². The molecular weight excluding hydrogens is 440 g/mol. The van der Waals surface area contributed by atoms with Crippen molar-refractivity contribution >= 4 is 11.7 Å². The molecule has 3 fully saturated rings. The van der Waals surface area contributed by atoms with Crippen molar-refractivity contribution < 1.29 is 14.3 Å². The first-order valence-corrected chi connectivity index (χ1v) is 13.2. The van der Waals surface area contributed by atoms with E-state index in [4.69, 9.17) is 15.2 Å². The van der Waals surface area contributed by atoms with E-state index in [2.05, 4.69) is 33.4 Å². The number of rotatable bonds is 4. The van der Waals surface area contributed by atoms with E-state index in [0.29, 0.717) is 30.2 Å². The fourth-order valence-electron chi connectivity index (χ4n) is 6.62. The summed E-state index contributed by atoms with van der Waals surface area (Å²) >= 11 is 0. The third-order valence-electron chi connectivity index (χ3n) is 8.69. The summed E-state index contributed by atoms with van der Waals surface area (Å²) in [7, 11) is 0. The molecule has 35 heavy (non-hydrogen) atoms. The molecule has 4 heterocycles. The number of fused-ring (bicyclic) bond motifs is 2. The van der Waals surface area contributed by atoms with Crippen LogP contribution in [-0.2, 0) is 21.3 Å². The van der Waals surface area contributed by atoms with Gasteiger partial charge in [0.25, 0.3) is 5.91 Å². The average Bonchev–Trinajstić information content (AvgIpc) is 3.49. The van der Waals surface area contributed by atoms with E-state index < -0.39 is 0 Å². The molecule has 4 aliphatic rings. The van der Waals surface area contributed by atoms with Crippen molar-refractivity contribution in [1.29, 1.82) is 0 Å². The first-order valence-electron chi connectivity index (χ1n) is 13.2. The van der Waals surface area contributed by atoms with E-state index in [1.807, 2.05) is 6.07 Å². The Balaban J connectivity index is 1.20. The minimum Gasteiger partial charge on any atom is -0.383 e. The van der Waals surface area contributed by atoms with Gasteiger partial charge in [0.1, 0.15) is 5.82 Å². The van der Waals surface area contributed by atoms with E-state index in [1.165, 1.54) is 37.1 Å². The van der Waals surface area contributed by atoms with Crippen LogP contribution in [0, 0.1) is 0 Å². The van der Waals surface area contributed by atoms with Crippen molar-refractivity contribution in [1.82, 2.24) is 15.2 Å². The van der Waals surface area contributed by atoms with E-state index in [9.17, 15) is 4.79 Å².